The molecule has 1 aliphatic rings. The first-order valence-electron chi connectivity index (χ1n) is 10.6. The van der Waals surface area contributed by atoms with Crippen molar-refractivity contribution < 1.29 is 40.6 Å². The van der Waals surface area contributed by atoms with Crippen molar-refractivity contribution in [1.82, 2.24) is 15.0 Å². The van der Waals surface area contributed by atoms with Gasteiger partial charge in [-0.25, -0.2) is 36.3 Å². The third kappa shape index (κ3) is 5.90. The number of nitrogens with zero attached hydrogens (tertiary/aromatic N) is 3. The van der Waals surface area contributed by atoms with Gasteiger partial charge in [0.05, 0.1) is 16.9 Å². The van der Waals surface area contributed by atoms with Crippen molar-refractivity contribution in [2.45, 2.75) is 31.3 Å². The number of anilines is 1. The Morgan fingerprint density at radius 3 is 2.56 bits per heavy atom. The van der Waals surface area contributed by atoms with Gasteiger partial charge in [-0.2, -0.15) is 0 Å². The Hall–Kier alpha value is -3.74. The van der Waals surface area contributed by atoms with E-state index in [9.17, 15) is 31.1 Å². The van der Waals surface area contributed by atoms with Crippen LogP contribution in [0.5, 0.6) is 6.01 Å². The number of carbonyl (C=O) groups excluding carboxylic acids is 1. The number of benzene rings is 1. The minimum Gasteiger partial charge on any atom is -0.457 e. The number of ether oxygens (including phenoxy) is 2. The second kappa shape index (κ2) is 10.5. The number of halogens is 6. The maximum atomic E-state index is 14.6. The van der Waals surface area contributed by atoms with E-state index in [1.54, 1.807) is 0 Å². The molecule has 0 aliphatic carbocycles. The Kier molecular flexibility index (Phi) is 7.38. The van der Waals surface area contributed by atoms with Crippen molar-refractivity contribution in [1.29, 1.82) is 0 Å². The molecule has 190 valence electrons. The van der Waals surface area contributed by atoms with Crippen LogP contribution in [0.2, 0.25) is 0 Å². The molecule has 1 N–H and O–H groups in total. The number of hydrogen-bond donors (Lipinski definition) is 1. The van der Waals surface area contributed by atoms with E-state index in [0.29, 0.717) is 0 Å². The summed E-state index contributed by atoms with van der Waals surface area (Å²) >= 11 is 0. The van der Waals surface area contributed by atoms with Crippen LogP contribution >= 0.6 is 0 Å². The molecule has 1 amide bonds. The average molecular weight is 512 g/mol. The van der Waals surface area contributed by atoms with Crippen LogP contribution in [0.4, 0.5) is 32.0 Å². The Morgan fingerprint density at radius 1 is 1.14 bits per heavy atom. The summed E-state index contributed by atoms with van der Waals surface area (Å²) in [6.45, 7) is -1.81. The lowest BCUT2D eigenvalue weighted by atomic mass is 9.97. The predicted molar refractivity (Wildman–Crippen MR) is 114 cm³/mol. The van der Waals surface area contributed by atoms with E-state index in [1.165, 1.54) is 12.3 Å². The fraction of sp³-hybridized carbons (Fsp3) is 0.304. The van der Waals surface area contributed by atoms with Gasteiger partial charge in [0.1, 0.15) is 24.3 Å². The maximum absolute atomic E-state index is 14.6. The monoisotopic (exact) mass is 512 g/mol. The highest BCUT2D eigenvalue weighted by atomic mass is 19.3. The molecule has 0 bridgehead atoms. The van der Waals surface area contributed by atoms with Crippen LogP contribution in [0.15, 0.2) is 42.9 Å². The molecule has 3 heterocycles. The molecule has 1 fully saturated rings. The standard InChI is InChI=1S/C23H18F6N4O3/c24-13-1-2-16(25)15(7-13)14-4-6-30-20(17-3-5-23(28,29)11-36-17)19(14)33-21(34)12-8-31-22(32-9-12)35-10-18(26)27/h1-2,4,6-9,17-18H,3,5,10-11H2,(H,33,34). The third-order valence-corrected chi connectivity index (χ3v) is 5.24. The van der Waals surface area contributed by atoms with E-state index >= 15 is 0 Å². The summed E-state index contributed by atoms with van der Waals surface area (Å²) in [6.07, 6.45) is -1.06. The smallest absolute Gasteiger partial charge is 0.316 e. The molecular weight excluding hydrogens is 494 g/mol. The zero-order valence-electron chi connectivity index (χ0n) is 18.4. The Bertz CT molecular complexity index is 1230. The molecule has 0 saturated carbocycles. The highest BCUT2D eigenvalue weighted by Crippen LogP contribution is 2.41. The first kappa shape index (κ1) is 25.4. The van der Waals surface area contributed by atoms with Crippen molar-refractivity contribution in [2.75, 3.05) is 18.5 Å². The van der Waals surface area contributed by atoms with Crippen molar-refractivity contribution in [3.63, 3.8) is 0 Å². The lowest BCUT2D eigenvalue weighted by Gasteiger charge is -2.30. The summed E-state index contributed by atoms with van der Waals surface area (Å²) < 4.78 is 90.3. The van der Waals surface area contributed by atoms with Crippen LogP contribution in [-0.2, 0) is 4.74 Å². The summed E-state index contributed by atoms with van der Waals surface area (Å²) in [6, 6.07) is 3.68. The van der Waals surface area contributed by atoms with Gasteiger partial charge in [0.25, 0.3) is 18.3 Å². The van der Waals surface area contributed by atoms with Crippen LogP contribution in [-0.4, -0.2) is 46.4 Å². The highest BCUT2D eigenvalue weighted by Gasteiger charge is 2.38. The second-order valence-corrected chi connectivity index (χ2v) is 7.85. The summed E-state index contributed by atoms with van der Waals surface area (Å²) in [4.78, 5) is 24.5. The molecule has 4 rings (SSSR count). The van der Waals surface area contributed by atoms with E-state index < -0.39 is 55.6 Å². The van der Waals surface area contributed by atoms with Crippen LogP contribution in [0, 0.1) is 11.6 Å². The molecule has 13 heteroatoms. The summed E-state index contributed by atoms with van der Waals surface area (Å²) in [5, 5.41) is 2.53. The lowest BCUT2D eigenvalue weighted by Crippen LogP contribution is -2.31. The quantitative estimate of drug-likeness (QED) is 0.438. The molecule has 0 spiro atoms. The van der Waals surface area contributed by atoms with Crippen molar-refractivity contribution in [2.24, 2.45) is 0 Å². The number of pyridine rings is 1. The zero-order valence-corrected chi connectivity index (χ0v) is 18.4. The van der Waals surface area contributed by atoms with Crippen molar-refractivity contribution in [3.05, 3.63) is 65.7 Å². The first-order chi connectivity index (χ1) is 17.1. The molecule has 0 radical (unpaired) electrons. The number of hydrogen-bond acceptors (Lipinski definition) is 6. The third-order valence-electron chi connectivity index (χ3n) is 5.24. The Morgan fingerprint density at radius 2 is 1.89 bits per heavy atom. The molecule has 7 nitrogen and oxygen atoms in total. The fourth-order valence-electron chi connectivity index (χ4n) is 3.55. The van der Waals surface area contributed by atoms with Crippen molar-refractivity contribution >= 4 is 11.6 Å². The number of aromatic nitrogens is 3. The van der Waals surface area contributed by atoms with E-state index in [1.807, 2.05) is 0 Å². The summed E-state index contributed by atoms with van der Waals surface area (Å²) in [5.41, 5.74) is -0.347. The number of nitrogens with one attached hydrogen (secondary N) is 1. The normalized spacial score (nSPS) is 17.1. The highest BCUT2D eigenvalue weighted by molar-refractivity contribution is 6.06. The molecule has 1 aromatic carbocycles. The van der Waals surface area contributed by atoms with Gasteiger partial charge in [0.2, 0.25) is 0 Å². The number of amides is 1. The van der Waals surface area contributed by atoms with E-state index in [0.717, 1.165) is 30.6 Å². The predicted octanol–water partition coefficient (Wildman–Crippen LogP) is 5.20. The Labute approximate surface area is 200 Å². The average Bonchev–Trinajstić information content (AvgIpc) is 2.85. The molecule has 1 unspecified atom stereocenters. The minimum absolute atomic E-state index is 0.0316. The molecular formula is C23H18F6N4O3. The number of alkyl halides is 4. The second-order valence-electron chi connectivity index (χ2n) is 7.85. The van der Waals surface area contributed by atoms with Gasteiger partial charge in [-0.1, -0.05) is 0 Å². The number of carbonyl (C=O) groups is 1. The van der Waals surface area contributed by atoms with E-state index in [4.69, 9.17) is 4.74 Å². The molecule has 1 saturated heterocycles. The van der Waals surface area contributed by atoms with Crippen molar-refractivity contribution in [3.8, 4) is 17.1 Å². The van der Waals surface area contributed by atoms with Gasteiger partial charge in [-0.05, 0) is 30.7 Å². The largest absolute Gasteiger partial charge is 0.457 e. The SMILES string of the molecule is O=C(Nc1c(-c2cc(F)ccc2F)ccnc1C1CCC(F)(F)CO1)c1cnc(OCC(F)F)nc1. The van der Waals surface area contributed by atoms with E-state index in [-0.39, 0.29) is 40.5 Å². The number of rotatable bonds is 7. The molecule has 3 aromatic rings. The van der Waals surface area contributed by atoms with Crippen LogP contribution in [0.3, 0.4) is 0 Å². The molecule has 2 aromatic heterocycles. The van der Waals surface area contributed by atoms with Gasteiger partial charge in [-0.3, -0.25) is 9.78 Å². The Balaban J connectivity index is 1.69. The first-order valence-corrected chi connectivity index (χ1v) is 10.6. The fourth-order valence-corrected chi connectivity index (χ4v) is 3.55. The topological polar surface area (TPSA) is 86.2 Å². The molecule has 1 atom stereocenters. The summed E-state index contributed by atoms with van der Waals surface area (Å²) in [7, 11) is 0. The summed E-state index contributed by atoms with van der Waals surface area (Å²) in [5.74, 6) is -5.39. The van der Waals surface area contributed by atoms with Crippen LogP contribution < -0.4 is 10.1 Å². The van der Waals surface area contributed by atoms with Gasteiger partial charge in [0.15, 0.2) is 6.61 Å². The van der Waals surface area contributed by atoms with Gasteiger partial charge in [0, 0.05) is 36.1 Å². The van der Waals surface area contributed by atoms with Gasteiger partial charge >= 0.3 is 6.01 Å². The molecule has 1 aliphatic heterocycles. The maximum Gasteiger partial charge on any atom is 0.316 e. The lowest BCUT2D eigenvalue weighted by molar-refractivity contribution is -0.146. The van der Waals surface area contributed by atoms with Gasteiger partial charge in [-0.15, -0.1) is 0 Å². The zero-order chi connectivity index (χ0) is 25.9. The van der Waals surface area contributed by atoms with Crippen LogP contribution in [0.1, 0.15) is 35.0 Å². The molecule has 36 heavy (non-hydrogen) atoms. The van der Waals surface area contributed by atoms with Crippen LogP contribution in [0.25, 0.3) is 11.1 Å². The van der Waals surface area contributed by atoms with Gasteiger partial charge < -0.3 is 14.8 Å². The van der Waals surface area contributed by atoms with E-state index in [2.05, 4.69) is 25.0 Å². The minimum atomic E-state index is -3.03.